The number of nitrogens with zero attached hydrogens (tertiary/aromatic N) is 2. The van der Waals surface area contributed by atoms with Gasteiger partial charge in [-0.2, -0.15) is 0 Å². The molecule has 0 amide bonds. The summed E-state index contributed by atoms with van der Waals surface area (Å²) in [6, 6.07) is 4.07. The molecule has 0 radical (unpaired) electrons. The van der Waals surface area contributed by atoms with Crippen LogP contribution in [0.3, 0.4) is 0 Å². The van der Waals surface area contributed by atoms with E-state index in [0.29, 0.717) is 0 Å². The molecule has 1 heterocycles. The van der Waals surface area contributed by atoms with E-state index in [4.69, 9.17) is 9.47 Å². The summed E-state index contributed by atoms with van der Waals surface area (Å²) < 4.78 is 14.7. The van der Waals surface area contributed by atoms with Crippen molar-refractivity contribution in [2.45, 2.75) is 26.8 Å². The Labute approximate surface area is 123 Å². The molecule has 1 atom stereocenters. The zero-order chi connectivity index (χ0) is 14.7. The second-order valence-corrected chi connectivity index (χ2v) is 5.38. The molecule has 6 heteroatoms. The van der Waals surface area contributed by atoms with Crippen LogP contribution in [0.1, 0.15) is 29.1 Å². The van der Waals surface area contributed by atoms with Crippen molar-refractivity contribution >= 4 is 17.2 Å². The summed E-state index contributed by atoms with van der Waals surface area (Å²) in [4.78, 5) is 1.13. The predicted molar refractivity (Wildman–Crippen MR) is 81.0 cm³/mol. The highest BCUT2D eigenvalue weighted by Crippen LogP contribution is 2.34. The maximum Gasteiger partial charge on any atom is 0.127 e. The van der Waals surface area contributed by atoms with E-state index in [-0.39, 0.29) is 6.04 Å². The molecule has 1 aromatic heterocycles. The Morgan fingerprint density at radius 3 is 2.20 bits per heavy atom. The standard InChI is InChI=1S/C14H19N3O2S/c1-8-12(18-4)6-11(7-13(8)19-5)15-9(2)14-10(3)16-17-20-14/h6-7,9,15H,1-5H3. The Morgan fingerprint density at radius 1 is 1.15 bits per heavy atom. The average Bonchev–Trinajstić information content (AvgIpc) is 2.86. The third kappa shape index (κ3) is 2.85. The van der Waals surface area contributed by atoms with Crippen LogP contribution < -0.4 is 14.8 Å². The lowest BCUT2D eigenvalue weighted by Crippen LogP contribution is -2.07. The number of rotatable bonds is 5. The van der Waals surface area contributed by atoms with E-state index < -0.39 is 0 Å². The van der Waals surface area contributed by atoms with Gasteiger partial charge in [-0.05, 0) is 32.3 Å². The number of methoxy groups -OCH3 is 2. The fourth-order valence-electron chi connectivity index (χ4n) is 2.12. The van der Waals surface area contributed by atoms with E-state index in [1.165, 1.54) is 11.5 Å². The second-order valence-electron chi connectivity index (χ2n) is 4.59. The van der Waals surface area contributed by atoms with E-state index in [1.807, 2.05) is 26.0 Å². The molecule has 2 rings (SSSR count). The molecule has 108 valence electrons. The van der Waals surface area contributed by atoms with E-state index in [0.717, 1.165) is 33.3 Å². The number of anilines is 1. The normalized spacial score (nSPS) is 12.1. The second kappa shape index (κ2) is 6.09. The Hall–Kier alpha value is -1.82. The van der Waals surface area contributed by atoms with Gasteiger partial charge in [0.25, 0.3) is 0 Å². The van der Waals surface area contributed by atoms with Gasteiger partial charge in [-0.1, -0.05) is 4.49 Å². The maximum atomic E-state index is 5.38. The first-order valence-corrected chi connectivity index (χ1v) is 7.12. The number of nitrogens with one attached hydrogen (secondary N) is 1. The largest absolute Gasteiger partial charge is 0.496 e. The number of hydrogen-bond donors (Lipinski definition) is 1. The first-order chi connectivity index (χ1) is 9.56. The SMILES string of the molecule is COc1cc(NC(C)c2snnc2C)cc(OC)c1C. The lowest BCUT2D eigenvalue weighted by molar-refractivity contribution is 0.389. The predicted octanol–water partition coefficient (Wildman–Crippen LogP) is 3.35. The third-order valence-corrected chi connectivity index (χ3v) is 4.22. The van der Waals surface area contributed by atoms with Crippen molar-refractivity contribution in [1.29, 1.82) is 0 Å². The molecule has 0 aliphatic carbocycles. The Balaban J connectivity index is 2.27. The van der Waals surface area contributed by atoms with Gasteiger partial charge < -0.3 is 14.8 Å². The zero-order valence-electron chi connectivity index (χ0n) is 12.4. The highest BCUT2D eigenvalue weighted by molar-refractivity contribution is 7.05. The molecule has 0 fully saturated rings. The minimum Gasteiger partial charge on any atom is -0.496 e. The molecule has 1 unspecified atom stereocenters. The molecule has 2 aromatic rings. The van der Waals surface area contributed by atoms with Crippen molar-refractivity contribution < 1.29 is 9.47 Å². The molecular formula is C14H19N3O2S. The molecule has 20 heavy (non-hydrogen) atoms. The molecule has 0 aliphatic rings. The van der Waals surface area contributed by atoms with E-state index in [9.17, 15) is 0 Å². The van der Waals surface area contributed by atoms with Crippen LogP contribution >= 0.6 is 11.5 Å². The number of aryl methyl sites for hydroxylation is 1. The summed E-state index contributed by atoms with van der Waals surface area (Å²) in [5.41, 5.74) is 2.90. The van der Waals surface area contributed by atoms with Crippen molar-refractivity contribution in [3.8, 4) is 11.5 Å². The molecule has 1 N–H and O–H groups in total. The fourth-order valence-corrected chi connectivity index (χ4v) is 2.76. The van der Waals surface area contributed by atoms with Crippen molar-refractivity contribution in [2.75, 3.05) is 19.5 Å². The van der Waals surface area contributed by atoms with Gasteiger partial charge in [-0.25, -0.2) is 0 Å². The van der Waals surface area contributed by atoms with Crippen LogP contribution in [0.15, 0.2) is 12.1 Å². The first-order valence-electron chi connectivity index (χ1n) is 6.34. The van der Waals surface area contributed by atoms with Gasteiger partial charge in [0.15, 0.2) is 0 Å². The number of hydrogen-bond acceptors (Lipinski definition) is 6. The van der Waals surface area contributed by atoms with Crippen LogP contribution in [0.4, 0.5) is 5.69 Å². The van der Waals surface area contributed by atoms with Crippen molar-refractivity contribution in [3.05, 3.63) is 28.3 Å². The molecule has 0 saturated heterocycles. The molecule has 0 bridgehead atoms. The smallest absolute Gasteiger partial charge is 0.127 e. The van der Waals surface area contributed by atoms with Crippen molar-refractivity contribution in [2.24, 2.45) is 0 Å². The van der Waals surface area contributed by atoms with Gasteiger partial charge in [0.05, 0.1) is 30.8 Å². The van der Waals surface area contributed by atoms with Crippen LogP contribution in [0, 0.1) is 13.8 Å². The van der Waals surface area contributed by atoms with Crippen LogP contribution in [-0.2, 0) is 0 Å². The zero-order valence-corrected chi connectivity index (χ0v) is 13.2. The maximum absolute atomic E-state index is 5.38. The summed E-state index contributed by atoms with van der Waals surface area (Å²) in [6.07, 6.45) is 0. The van der Waals surface area contributed by atoms with E-state index in [1.54, 1.807) is 14.2 Å². The highest BCUT2D eigenvalue weighted by Gasteiger charge is 2.14. The van der Waals surface area contributed by atoms with Crippen molar-refractivity contribution in [3.63, 3.8) is 0 Å². The van der Waals surface area contributed by atoms with Gasteiger partial charge in [0, 0.05) is 23.4 Å². The average molecular weight is 293 g/mol. The van der Waals surface area contributed by atoms with E-state index in [2.05, 4.69) is 21.8 Å². The summed E-state index contributed by atoms with van der Waals surface area (Å²) >= 11 is 1.41. The fraction of sp³-hybridized carbons (Fsp3) is 0.429. The summed E-state index contributed by atoms with van der Waals surface area (Å²) in [5.74, 6) is 1.61. The Kier molecular flexibility index (Phi) is 4.44. The minimum absolute atomic E-state index is 0.132. The van der Waals surface area contributed by atoms with Gasteiger partial charge in [-0.15, -0.1) is 5.10 Å². The first kappa shape index (κ1) is 14.6. The molecule has 1 aromatic carbocycles. The molecular weight excluding hydrogens is 274 g/mol. The molecule has 0 saturated carbocycles. The van der Waals surface area contributed by atoms with Gasteiger partial charge in [0.2, 0.25) is 0 Å². The summed E-state index contributed by atoms with van der Waals surface area (Å²) in [7, 11) is 3.32. The highest BCUT2D eigenvalue weighted by atomic mass is 32.1. The lowest BCUT2D eigenvalue weighted by Gasteiger charge is -2.17. The van der Waals surface area contributed by atoms with Crippen LogP contribution in [-0.4, -0.2) is 23.8 Å². The number of aromatic nitrogens is 2. The Morgan fingerprint density at radius 2 is 1.75 bits per heavy atom. The number of ether oxygens (including phenoxy) is 2. The topological polar surface area (TPSA) is 56.3 Å². The van der Waals surface area contributed by atoms with Crippen LogP contribution in [0.25, 0.3) is 0 Å². The van der Waals surface area contributed by atoms with Crippen molar-refractivity contribution in [1.82, 2.24) is 9.59 Å². The quantitative estimate of drug-likeness (QED) is 0.916. The third-order valence-electron chi connectivity index (χ3n) is 3.22. The van der Waals surface area contributed by atoms with Crippen LogP contribution in [0.5, 0.6) is 11.5 Å². The Bertz CT molecular complexity index is 573. The summed E-state index contributed by atoms with van der Waals surface area (Å²) in [6.45, 7) is 6.02. The van der Waals surface area contributed by atoms with E-state index >= 15 is 0 Å². The summed E-state index contributed by atoms with van der Waals surface area (Å²) in [5, 5.41) is 7.47. The van der Waals surface area contributed by atoms with Crippen LogP contribution in [0.2, 0.25) is 0 Å². The molecule has 5 nitrogen and oxygen atoms in total. The van der Waals surface area contributed by atoms with Gasteiger partial charge in [0.1, 0.15) is 11.5 Å². The number of benzene rings is 1. The lowest BCUT2D eigenvalue weighted by atomic mass is 10.1. The monoisotopic (exact) mass is 293 g/mol. The van der Waals surface area contributed by atoms with Gasteiger partial charge in [-0.3, -0.25) is 0 Å². The molecule has 0 spiro atoms. The molecule has 0 aliphatic heterocycles. The van der Waals surface area contributed by atoms with Gasteiger partial charge >= 0.3 is 0 Å². The minimum atomic E-state index is 0.132.